The van der Waals surface area contributed by atoms with E-state index in [1.807, 2.05) is 11.8 Å². The molecule has 1 aromatic carbocycles. The number of nitrogens with zero attached hydrogens (tertiary/aromatic N) is 6. The molecule has 204 valence electrons. The van der Waals surface area contributed by atoms with E-state index in [1.54, 1.807) is 23.7 Å². The first-order valence-corrected chi connectivity index (χ1v) is 13.5. The molecule has 0 aliphatic carbocycles. The Kier molecular flexibility index (Phi) is 8.91. The molecule has 9 nitrogen and oxygen atoms in total. The third-order valence-corrected chi connectivity index (χ3v) is 6.93. The zero-order chi connectivity index (χ0) is 27.2. The zero-order valence-corrected chi connectivity index (χ0v) is 22.7. The van der Waals surface area contributed by atoms with Crippen LogP contribution in [0.5, 0.6) is 0 Å². The molecule has 10 heteroatoms. The summed E-state index contributed by atoms with van der Waals surface area (Å²) in [5.41, 5.74) is 2.22. The SMILES string of the molecule is CCC[C@H](C)c1nc(N2CCCN(C(=O)CCC(=O)OCC)CC2)c2c(C)nn(-c3ccc(F)cc3)c2n1. The number of amides is 1. The highest BCUT2D eigenvalue weighted by Crippen LogP contribution is 2.32. The number of aryl methyl sites for hydroxylation is 1. The number of hydrogen-bond donors (Lipinski definition) is 0. The van der Waals surface area contributed by atoms with Crippen LogP contribution in [-0.4, -0.2) is 69.3 Å². The Hall–Kier alpha value is -3.56. The summed E-state index contributed by atoms with van der Waals surface area (Å²) in [6.07, 6.45) is 3.00. The molecule has 0 bridgehead atoms. The molecule has 3 heterocycles. The fourth-order valence-corrected chi connectivity index (χ4v) is 4.93. The number of benzene rings is 1. The van der Waals surface area contributed by atoms with E-state index in [4.69, 9.17) is 19.8 Å². The average Bonchev–Trinajstić information content (AvgIpc) is 3.07. The van der Waals surface area contributed by atoms with Crippen LogP contribution >= 0.6 is 0 Å². The minimum absolute atomic E-state index is 0.0368. The Labute approximate surface area is 223 Å². The molecule has 0 radical (unpaired) electrons. The van der Waals surface area contributed by atoms with Gasteiger partial charge in [-0.05, 0) is 51.0 Å². The van der Waals surface area contributed by atoms with Crippen molar-refractivity contribution < 1.29 is 18.7 Å². The van der Waals surface area contributed by atoms with Crippen molar-refractivity contribution in [3.63, 3.8) is 0 Å². The summed E-state index contributed by atoms with van der Waals surface area (Å²) in [7, 11) is 0. The van der Waals surface area contributed by atoms with Gasteiger partial charge in [0.05, 0.1) is 29.8 Å². The van der Waals surface area contributed by atoms with Gasteiger partial charge in [0.1, 0.15) is 17.5 Å². The second-order valence-corrected chi connectivity index (χ2v) is 9.79. The van der Waals surface area contributed by atoms with Crippen LogP contribution in [0.4, 0.5) is 10.2 Å². The molecular formula is C28H37FN6O3. The van der Waals surface area contributed by atoms with Crippen LogP contribution in [0.15, 0.2) is 24.3 Å². The van der Waals surface area contributed by atoms with Gasteiger partial charge >= 0.3 is 5.97 Å². The number of hydrogen-bond acceptors (Lipinski definition) is 7. The van der Waals surface area contributed by atoms with Gasteiger partial charge in [0.25, 0.3) is 0 Å². The second kappa shape index (κ2) is 12.3. The Bertz CT molecular complexity index is 1280. The molecule has 0 spiro atoms. The van der Waals surface area contributed by atoms with Gasteiger partial charge in [-0.2, -0.15) is 5.10 Å². The van der Waals surface area contributed by atoms with Crippen molar-refractivity contribution in [2.24, 2.45) is 0 Å². The summed E-state index contributed by atoms with van der Waals surface area (Å²) in [4.78, 5) is 38.6. The summed E-state index contributed by atoms with van der Waals surface area (Å²) in [6, 6.07) is 6.24. The molecule has 1 aliphatic heterocycles. The molecule has 1 atom stereocenters. The molecule has 3 aromatic rings. The van der Waals surface area contributed by atoms with Crippen LogP contribution < -0.4 is 4.90 Å². The van der Waals surface area contributed by atoms with E-state index < -0.39 is 0 Å². The number of fused-ring (bicyclic) bond motifs is 1. The van der Waals surface area contributed by atoms with Crippen molar-refractivity contribution in [1.29, 1.82) is 0 Å². The van der Waals surface area contributed by atoms with Crippen LogP contribution in [0, 0.1) is 12.7 Å². The van der Waals surface area contributed by atoms with Gasteiger partial charge in [0.15, 0.2) is 5.65 Å². The van der Waals surface area contributed by atoms with E-state index in [0.717, 1.165) is 54.2 Å². The number of carbonyl (C=O) groups is 2. The molecule has 1 fully saturated rings. The van der Waals surface area contributed by atoms with Crippen LogP contribution in [0.1, 0.15) is 70.3 Å². The lowest BCUT2D eigenvalue weighted by molar-refractivity contribution is -0.145. The number of carbonyl (C=O) groups excluding carboxylic acids is 2. The van der Waals surface area contributed by atoms with Gasteiger partial charge in [0, 0.05) is 38.5 Å². The topological polar surface area (TPSA) is 93.5 Å². The van der Waals surface area contributed by atoms with Crippen molar-refractivity contribution in [2.45, 2.75) is 65.7 Å². The standard InChI is InChI=1S/C28H37FN6O3/c1-5-8-19(3)26-30-27(25-20(4)32-35(28(25)31-26)22-11-9-21(29)10-12-22)34-16-7-15-33(17-18-34)23(36)13-14-24(37)38-6-2/h9-12,19H,5-8,13-18H2,1-4H3/t19-/m0/s1. The number of halogens is 1. The lowest BCUT2D eigenvalue weighted by Gasteiger charge is -2.24. The normalized spacial score (nSPS) is 15.0. The zero-order valence-electron chi connectivity index (χ0n) is 22.7. The number of rotatable bonds is 9. The molecule has 1 amide bonds. The molecule has 1 aliphatic rings. The number of aromatic nitrogens is 4. The predicted molar refractivity (Wildman–Crippen MR) is 144 cm³/mol. The summed E-state index contributed by atoms with van der Waals surface area (Å²) in [5.74, 6) is 1.05. The highest BCUT2D eigenvalue weighted by atomic mass is 19.1. The van der Waals surface area contributed by atoms with E-state index in [1.165, 1.54) is 12.1 Å². The van der Waals surface area contributed by atoms with Crippen LogP contribution in [-0.2, 0) is 14.3 Å². The van der Waals surface area contributed by atoms with Crippen LogP contribution in [0.2, 0.25) is 0 Å². The Morgan fingerprint density at radius 2 is 1.82 bits per heavy atom. The first kappa shape index (κ1) is 27.5. The smallest absolute Gasteiger partial charge is 0.306 e. The maximum Gasteiger partial charge on any atom is 0.306 e. The quantitative estimate of drug-likeness (QED) is 0.379. The maximum atomic E-state index is 13.6. The Morgan fingerprint density at radius 1 is 1.05 bits per heavy atom. The lowest BCUT2D eigenvalue weighted by atomic mass is 10.1. The Balaban J connectivity index is 1.65. The minimum atomic E-state index is -0.344. The van der Waals surface area contributed by atoms with Crippen molar-refractivity contribution in [1.82, 2.24) is 24.6 Å². The van der Waals surface area contributed by atoms with Crippen molar-refractivity contribution in [3.8, 4) is 5.69 Å². The van der Waals surface area contributed by atoms with E-state index in [9.17, 15) is 14.0 Å². The highest BCUT2D eigenvalue weighted by Gasteiger charge is 2.26. The molecule has 2 aromatic heterocycles. The molecular weight excluding hydrogens is 487 g/mol. The van der Waals surface area contributed by atoms with E-state index in [2.05, 4.69) is 18.7 Å². The van der Waals surface area contributed by atoms with E-state index in [0.29, 0.717) is 31.9 Å². The summed E-state index contributed by atoms with van der Waals surface area (Å²) in [6.45, 7) is 10.8. The Morgan fingerprint density at radius 3 is 2.53 bits per heavy atom. The molecule has 0 N–H and O–H groups in total. The average molecular weight is 525 g/mol. The maximum absolute atomic E-state index is 13.6. The summed E-state index contributed by atoms with van der Waals surface area (Å²) >= 11 is 0. The molecule has 0 saturated carbocycles. The highest BCUT2D eigenvalue weighted by molar-refractivity contribution is 5.91. The number of anilines is 1. The second-order valence-electron chi connectivity index (χ2n) is 9.79. The third-order valence-electron chi connectivity index (χ3n) is 6.93. The number of ether oxygens (including phenoxy) is 1. The summed E-state index contributed by atoms with van der Waals surface area (Å²) < 4.78 is 20.3. The van der Waals surface area contributed by atoms with Crippen molar-refractivity contribution >= 4 is 28.7 Å². The lowest BCUT2D eigenvalue weighted by Crippen LogP contribution is -2.35. The van der Waals surface area contributed by atoms with Gasteiger partial charge in [-0.3, -0.25) is 9.59 Å². The van der Waals surface area contributed by atoms with E-state index in [-0.39, 0.29) is 36.5 Å². The van der Waals surface area contributed by atoms with Crippen molar-refractivity contribution in [2.75, 3.05) is 37.7 Å². The third kappa shape index (κ3) is 6.11. The fraction of sp³-hybridized carbons (Fsp3) is 0.536. The largest absolute Gasteiger partial charge is 0.466 e. The number of esters is 1. The first-order valence-electron chi connectivity index (χ1n) is 13.5. The molecule has 0 unspecified atom stereocenters. The first-order chi connectivity index (χ1) is 18.3. The monoisotopic (exact) mass is 524 g/mol. The predicted octanol–water partition coefficient (Wildman–Crippen LogP) is 4.55. The van der Waals surface area contributed by atoms with Gasteiger partial charge in [-0.15, -0.1) is 0 Å². The van der Waals surface area contributed by atoms with Crippen LogP contribution in [0.3, 0.4) is 0 Å². The van der Waals surface area contributed by atoms with E-state index >= 15 is 0 Å². The van der Waals surface area contributed by atoms with Gasteiger partial charge in [-0.1, -0.05) is 20.3 Å². The van der Waals surface area contributed by atoms with Gasteiger partial charge < -0.3 is 14.5 Å². The van der Waals surface area contributed by atoms with Crippen molar-refractivity contribution in [3.05, 3.63) is 41.6 Å². The minimum Gasteiger partial charge on any atom is -0.466 e. The molecule has 1 saturated heterocycles. The van der Waals surface area contributed by atoms with Gasteiger partial charge in [-0.25, -0.2) is 19.0 Å². The van der Waals surface area contributed by atoms with Gasteiger partial charge in [0.2, 0.25) is 5.91 Å². The molecule has 4 rings (SSSR count). The molecule has 38 heavy (non-hydrogen) atoms. The summed E-state index contributed by atoms with van der Waals surface area (Å²) in [5, 5.41) is 5.64. The van der Waals surface area contributed by atoms with Crippen LogP contribution in [0.25, 0.3) is 16.7 Å². The fourth-order valence-electron chi connectivity index (χ4n) is 4.93.